The van der Waals surface area contributed by atoms with E-state index >= 15 is 0 Å². The fourth-order valence-corrected chi connectivity index (χ4v) is 2.70. The summed E-state index contributed by atoms with van der Waals surface area (Å²) in [6.45, 7) is 0.376. The number of nitrogens with zero attached hydrogens (tertiary/aromatic N) is 2. The normalized spacial score (nSPS) is 10.4. The molecule has 0 saturated carbocycles. The Morgan fingerprint density at radius 1 is 1.04 bits per heavy atom. The molecule has 0 radical (unpaired) electrons. The highest BCUT2D eigenvalue weighted by Gasteiger charge is 2.08. The van der Waals surface area contributed by atoms with Gasteiger partial charge in [0.15, 0.2) is 0 Å². The summed E-state index contributed by atoms with van der Waals surface area (Å²) in [7, 11) is 0. The van der Waals surface area contributed by atoms with E-state index in [-0.39, 0.29) is 18.4 Å². The fraction of sp³-hybridized carbons (Fsp3) is 0.150. The molecule has 138 valence electrons. The lowest BCUT2D eigenvalue weighted by Crippen LogP contribution is -2.37. The largest absolute Gasteiger partial charge is 0.354 e. The Bertz CT molecular complexity index is 924. The maximum absolute atomic E-state index is 12.0. The Labute approximate surface area is 162 Å². The van der Waals surface area contributed by atoms with Crippen LogP contribution in [0.4, 0.5) is 0 Å². The van der Waals surface area contributed by atoms with Crippen LogP contribution < -0.4 is 10.6 Å². The van der Waals surface area contributed by atoms with E-state index < -0.39 is 0 Å². The highest BCUT2D eigenvalue weighted by molar-refractivity contribution is 6.30. The molecule has 0 aliphatic carbocycles. The smallest absolute Gasteiger partial charge is 0.251 e. The van der Waals surface area contributed by atoms with Gasteiger partial charge in [-0.25, -0.2) is 4.68 Å². The number of aromatic nitrogens is 2. The van der Waals surface area contributed by atoms with Gasteiger partial charge < -0.3 is 10.6 Å². The third-order valence-electron chi connectivity index (χ3n) is 3.89. The molecule has 0 saturated heterocycles. The molecule has 0 spiro atoms. The van der Waals surface area contributed by atoms with Crippen LogP contribution in [-0.2, 0) is 11.2 Å². The van der Waals surface area contributed by atoms with Crippen molar-refractivity contribution in [2.45, 2.75) is 6.42 Å². The van der Waals surface area contributed by atoms with Crippen LogP contribution in [0, 0.1) is 0 Å². The van der Waals surface area contributed by atoms with Gasteiger partial charge in [-0.05, 0) is 42.3 Å². The van der Waals surface area contributed by atoms with E-state index in [0.717, 1.165) is 11.3 Å². The molecule has 0 unspecified atom stereocenters. The first-order valence-electron chi connectivity index (χ1n) is 8.51. The number of rotatable bonds is 7. The molecule has 0 bridgehead atoms. The van der Waals surface area contributed by atoms with Crippen LogP contribution in [-0.4, -0.2) is 34.7 Å². The maximum Gasteiger partial charge on any atom is 0.251 e. The molecule has 2 aromatic carbocycles. The van der Waals surface area contributed by atoms with Gasteiger partial charge in [-0.1, -0.05) is 35.9 Å². The Kier molecular flexibility index (Phi) is 6.22. The molecule has 0 atom stereocenters. The van der Waals surface area contributed by atoms with E-state index in [4.69, 9.17) is 11.6 Å². The van der Waals surface area contributed by atoms with Gasteiger partial charge in [-0.15, -0.1) is 0 Å². The zero-order valence-corrected chi connectivity index (χ0v) is 15.3. The molecule has 2 N–H and O–H groups in total. The number of para-hydroxylation sites is 1. The molecule has 27 heavy (non-hydrogen) atoms. The Balaban J connectivity index is 1.41. The molecule has 0 aliphatic rings. The highest BCUT2D eigenvalue weighted by atomic mass is 35.5. The zero-order valence-electron chi connectivity index (χ0n) is 14.6. The van der Waals surface area contributed by atoms with Crippen LogP contribution in [0.2, 0.25) is 5.02 Å². The van der Waals surface area contributed by atoms with E-state index in [1.807, 2.05) is 36.5 Å². The number of carbonyl (C=O) groups excluding carboxylic acids is 2. The lowest BCUT2D eigenvalue weighted by molar-refractivity contribution is -0.120. The Morgan fingerprint density at radius 2 is 1.85 bits per heavy atom. The summed E-state index contributed by atoms with van der Waals surface area (Å²) in [6.07, 6.45) is 4.36. The van der Waals surface area contributed by atoms with Crippen molar-refractivity contribution < 1.29 is 9.59 Å². The minimum absolute atomic E-state index is 0.0887. The third kappa shape index (κ3) is 5.43. The molecule has 7 heteroatoms. The van der Waals surface area contributed by atoms with Crippen molar-refractivity contribution in [3.8, 4) is 5.69 Å². The second-order valence-corrected chi connectivity index (χ2v) is 6.36. The van der Waals surface area contributed by atoms with E-state index in [1.54, 1.807) is 35.1 Å². The molecular weight excluding hydrogens is 364 g/mol. The van der Waals surface area contributed by atoms with Crippen LogP contribution >= 0.6 is 11.6 Å². The number of benzene rings is 2. The first-order chi connectivity index (χ1) is 13.1. The SMILES string of the molecule is O=C(CNC(=O)c1cccc(Cl)c1)NCCc1cnn(-c2ccccc2)c1. The molecule has 3 rings (SSSR count). The van der Waals surface area contributed by atoms with Crippen LogP contribution in [0.5, 0.6) is 0 Å². The van der Waals surface area contributed by atoms with Crippen molar-refractivity contribution in [2.75, 3.05) is 13.1 Å². The Morgan fingerprint density at radius 3 is 2.63 bits per heavy atom. The number of carbonyl (C=O) groups is 2. The number of amides is 2. The molecule has 1 aromatic heterocycles. The van der Waals surface area contributed by atoms with E-state index in [9.17, 15) is 9.59 Å². The van der Waals surface area contributed by atoms with E-state index in [0.29, 0.717) is 23.6 Å². The van der Waals surface area contributed by atoms with Crippen LogP contribution in [0.15, 0.2) is 67.0 Å². The summed E-state index contributed by atoms with van der Waals surface area (Å²) in [4.78, 5) is 23.9. The first-order valence-corrected chi connectivity index (χ1v) is 8.89. The predicted molar refractivity (Wildman–Crippen MR) is 104 cm³/mol. The van der Waals surface area contributed by atoms with Gasteiger partial charge in [-0.3, -0.25) is 9.59 Å². The van der Waals surface area contributed by atoms with E-state index in [1.165, 1.54) is 0 Å². The molecule has 3 aromatic rings. The van der Waals surface area contributed by atoms with Crippen molar-refractivity contribution in [1.82, 2.24) is 20.4 Å². The van der Waals surface area contributed by atoms with Gasteiger partial charge in [-0.2, -0.15) is 5.10 Å². The minimum Gasteiger partial charge on any atom is -0.354 e. The maximum atomic E-state index is 12.0. The summed E-state index contributed by atoms with van der Waals surface area (Å²) in [5.74, 6) is -0.586. The molecule has 2 amide bonds. The quantitative estimate of drug-likeness (QED) is 0.659. The van der Waals surface area contributed by atoms with Gasteiger partial charge in [0.1, 0.15) is 0 Å². The lowest BCUT2D eigenvalue weighted by atomic mass is 10.2. The zero-order chi connectivity index (χ0) is 19.1. The summed E-state index contributed by atoms with van der Waals surface area (Å²) in [6, 6.07) is 16.4. The van der Waals surface area contributed by atoms with Crippen LogP contribution in [0.3, 0.4) is 0 Å². The summed E-state index contributed by atoms with van der Waals surface area (Å²) >= 11 is 5.85. The predicted octanol–water partition coefficient (Wildman–Crippen LogP) is 2.61. The summed E-state index contributed by atoms with van der Waals surface area (Å²) in [5, 5.41) is 10.2. The van der Waals surface area contributed by atoms with Crippen molar-refractivity contribution in [1.29, 1.82) is 0 Å². The molecule has 1 heterocycles. The summed E-state index contributed by atoms with van der Waals surface area (Å²) < 4.78 is 1.79. The minimum atomic E-state index is -0.336. The Hall–Kier alpha value is -3.12. The number of halogens is 1. The molecule has 0 aliphatic heterocycles. The average Bonchev–Trinajstić information content (AvgIpc) is 3.16. The van der Waals surface area contributed by atoms with Crippen LogP contribution in [0.25, 0.3) is 5.69 Å². The van der Waals surface area contributed by atoms with Crippen molar-refractivity contribution in [2.24, 2.45) is 0 Å². The van der Waals surface area contributed by atoms with Gasteiger partial charge >= 0.3 is 0 Å². The van der Waals surface area contributed by atoms with Gasteiger partial charge in [0, 0.05) is 23.3 Å². The highest BCUT2D eigenvalue weighted by Crippen LogP contribution is 2.10. The van der Waals surface area contributed by atoms with Crippen molar-refractivity contribution in [3.63, 3.8) is 0 Å². The molecule has 0 fully saturated rings. The second-order valence-electron chi connectivity index (χ2n) is 5.92. The molecular formula is C20H19ClN4O2. The van der Waals surface area contributed by atoms with Crippen molar-refractivity contribution >= 4 is 23.4 Å². The van der Waals surface area contributed by atoms with E-state index in [2.05, 4.69) is 15.7 Å². The second kappa shape index (κ2) is 9.00. The number of nitrogens with one attached hydrogen (secondary N) is 2. The van der Waals surface area contributed by atoms with Gasteiger partial charge in [0.25, 0.3) is 5.91 Å². The lowest BCUT2D eigenvalue weighted by Gasteiger charge is -2.07. The third-order valence-corrected chi connectivity index (χ3v) is 4.12. The first kappa shape index (κ1) is 18.7. The van der Waals surface area contributed by atoms with Gasteiger partial charge in [0.2, 0.25) is 5.91 Å². The standard InChI is InChI=1S/C20H19ClN4O2/c21-17-6-4-5-16(11-17)20(27)23-13-19(26)22-10-9-15-12-24-25(14-15)18-7-2-1-3-8-18/h1-8,11-12,14H,9-10,13H2,(H,22,26)(H,23,27). The number of hydrogen-bond acceptors (Lipinski definition) is 3. The topological polar surface area (TPSA) is 76.0 Å². The average molecular weight is 383 g/mol. The van der Waals surface area contributed by atoms with Gasteiger partial charge in [0.05, 0.1) is 18.4 Å². The summed E-state index contributed by atoms with van der Waals surface area (Å²) in [5.41, 5.74) is 2.42. The van der Waals surface area contributed by atoms with Crippen LogP contribution in [0.1, 0.15) is 15.9 Å². The number of hydrogen-bond donors (Lipinski definition) is 2. The fourth-order valence-electron chi connectivity index (χ4n) is 2.51. The molecule has 6 nitrogen and oxygen atoms in total. The van der Waals surface area contributed by atoms with Crippen molar-refractivity contribution in [3.05, 3.63) is 83.1 Å². The monoisotopic (exact) mass is 382 g/mol.